The Hall–Kier alpha value is -3.21. The van der Waals surface area contributed by atoms with Crippen LogP contribution in [0.3, 0.4) is 0 Å². The maximum Gasteiger partial charge on any atom is 0.329 e. The van der Waals surface area contributed by atoms with Gasteiger partial charge in [0.15, 0.2) is 11.5 Å². The normalized spacial score (nSPS) is 10.8. The molecule has 0 radical (unpaired) electrons. The van der Waals surface area contributed by atoms with Crippen molar-refractivity contribution in [3.05, 3.63) is 85.8 Å². The number of hydrazone groups is 1. The summed E-state index contributed by atoms with van der Waals surface area (Å²) in [7, 11) is 1.42. The SMILES string of the molecule is COc1cc(/C=N/NC(=O)C(=O)Nc2ccc(F)c(Cl)c2)cc(Br)c1OCc1c(F)cccc1Cl. The fraction of sp³-hybridized carbons (Fsp3) is 0.0870. The van der Waals surface area contributed by atoms with E-state index in [1.807, 2.05) is 0 Å². The highest BCUT2D eigenvalue weighted by atomic mass is 79.9. The number of ether oxygens (including phenoxy) is 2. The van der Waals surface area contributed by atoms with E-state index in [9.17, 15) is 18.4 Å². The van der Waals surface area contributed by atoms with Crippen LogP contribution in [0.1, 0.15) is 11.1 Å². The zero-order chi connectivity index (χ0) is 25.5. The molecule has 2 N–H and O–H groups in total. The second-order valence-corrected chi connectivity index (χ2v) is 8.47. The first-order chi connectivity index (χ1) is 16.7. The van der Waals surface area contributed by atoms with E-state index in [4.69, 9.17) is 32.7 Å². The second-order valence-electron chi connectivity index (χ2n) is 6.81. The molecule has 3 aromatic rings. The summed E-state index contributed by atoms with van der Waals surface area (Å²) in [6.45, 7) is -0.141. The van der Waals surface area contributed by atoms with Gasteiger partial charge >= 0.3 is 11.8 Å². The topological polar surface area (TPSA) is 89.0 Å². The lowest BCUT2D eigenvalue weighted by Gasteiger charge is -2.14. The number of carbonyl (C=O) groups excluding carboxylic acids is 2. The lowest BCUT2D eigenvalue weighted by molar-refractivity contribution is -0.136. The van der Waals surface area contributed by atoms with Gasteiger partial charge in [-0.15, -0.1) is 0 Å². The molecule has 0 aliphatic heterocycles. The van der Waals surface area contributed by atoms with E-state index in [1.54, 1.807) is 18.2 Å². The van der Waals surface area contributed by atoms with Crippen LogP contribution in [0, 0.1) is 11.6 Å². The molecule has 0 aliphatic rings. The van der Waals surface area contributed by atoms with Crippen molar-refractivity contribution in [3.8, 4) is 11.5 Å². The second kappa shape index (κ2) is 12.0. The van der Waals surface area contributed by atoms with Crippen molar-refractivity contribution in [2.24, 2.45) is 5.10 Å². The van der Waals surface area contributed by atoms with Crippen LogP contribution in [-0.4, -0.2) is 25.1 Å². The van der Waals surface area contributed by atoms with Crippen LogP contribution in [-0.2, 0) is 16.2 Å². The quantitative estimate of drug-likeness (QED) is 0.211. The number of hydrogen-bond acceptors (Lipinski definition) is 5. The molecular weight excluding hydrogens is 571 g/mol. The molecule has 0 heterocycles. The van der Waals surface area contributed by atoms with E-state index in [1.165, 1.54) is 37.6 Å². The summed E-state index contributed by atoms with van der Waals surface area (Å²) in [4.78, 5) is 23.9. The van der Waals surface area contributed by atoms with Crippen molar-refractivity contribution in [1.82, 2.24) is 5.43 Å². The highest BCUT2D eigenvalue weighted by molar-refractivity contribution is 9.10. The molecule has 0 spiro atoms. The van der Waals surface area contributed by atoms with Gasteiger partial charge in [0.2, 0.25) is 0 Å². The number of nitrogens with one attached hydrogen (secondary N) is 2. The maximum absolute atomic E-state index is 14.0. The number of hydrogen-bond donors (Lipinski definition) is 2. The van der Waals surface area contributed by atoms with Gasteiger partial charge in [-0.1, -0.05) is 29.3 Å². The molecule has 0 saturated heterocycles. The van der Waals surface area contributed by atoms with Gasteiger partial charge in [-0.25, -0.2) is 14.2 Å². The Labute approximate surface area is 217 Å². The van der Waals surface area contributed by atoms with E-state index in [2.05, 4.69) is 31.8 Å². The summed E-state index contributed by atoms with van der Waals surface area (Å²) in [6, 6.07) is 11.0. The Bertz CT molecular complexity index is 1290. The van der Waals surface area contributed by atoms with Crippen LogP contribution in [0.15, 0.2) is 58.1 Å². The minimum absolute atomic E-state index is 0.140. The van der Waals surface area contributed by atoms with Crippen molar-refractivity contribution in [3.63, 3.8) is 0 Å². The molecule has 3 aromatic carbocycles. The molecule has 12 heteroatoms. The van der Waals surface area contributed by atoms with E-state index in [-0.39, 0.29) is 27.9 Å². The van der Waals surface area contributed by atoms with Crippen molar-refractivity contribution >= 4 is 62.8 Å². The van der Waals surface area contributed by atoms with Crippen LogP contribution in [0.5, 0.6) is 11.5 Å². The zero-order valence-electron chi connectivity index (χ0n) is 17.9. The van der Waals surface area contributed by atoms with Gasteiger partial charge in [0.1, 0.15) is 18.2 Å². The molecule has 0 fully saturated rings. The predicted molar refractivity (Wildman–Crippen MR) is 132 cm³/mol. The number of rotatable bonds is 7. The average Bonchev–Trinajstić information content (AvgIpc) is 2.81. The largest absolute Gasteiger partial charge is 0.493 e. The molecule has 0 bridgehead atoms. The molecule has 7 nitrogen and oxygen atoms in total. The number of benzene rings is 3. The minimum atomic E-state index is -1.06. The predicted octanol–water partition coefficient (Wildman–Crippen LogP) is 5.71. The summed E-state index contributed by atoms with van der Waals surface area (Å²) in [5.41, 5.74) is 2.89. The molecular formula is C23H16BrCl2F2N3O4. The number of halogens is 5. The monoisotopic (exact) mass is 585 g/mol. The van der Waals surface area contributed by atoms with Gasteiger partial charge in [0.25, 0.3) is 0 Å². The summed E-state index contributed by atoms with van der Waals surface area (Å²) in [5.74, 6) is -2.66. The fourth-order valence-corrected chi connectivity index (χ4v) is 3.72. The first kappa shape index (κ1) is 26.4. The Morgan fingerprint density at radius 1 is 1.06 bits per heavy atom. The van der Waals surface area contributed by atoms with Gasteiger partial charge in [-0.3, -0.25) is 9.59 Å². The molecule has 0 saturated carbocycles. The number of anilines is 1. The van der Waals surface area contributed by atoms with Gasteiger partial charge in [-0.2, -0.15) is 5.10 Å². The standard InChI is InChI=1S/C23H16BrCl2F2N3O4/c1-34-20-8-12(7-15(24)21(20)35-11-14-16(25)3-2-4-18(14)27)10-29-31-23(33)22(32)30-13-5-6-19(28)17(26)9-13/h2-10H,11H2,1H3,(H,30,32)(H,31,33)/b29-10+. The number of amides is 2. The summed E-state index contributed by atoms with van der Waals surface area (Å²) >= 11 is 15.0. The van der Waals surface area contributed by atoms with Crippen LogP contribution in [0.2, 0.25) is 10.0 Å². The van der Waals surface area contributed by atoms with E-state index in [0.29, 0.717) is 21.5 Å². The smallest absolute Gasteiger partial charge is 0.329 e. The van der Waals surface area contributed by atoms with Gasteiger partial charge in [0, 0.05) is 11.3 Å². The van der Waals surface area contributed by atoms with E-state index in [0.717, 1.165) is 6.07 Å². The average molecular weight is 587 g/mol. The highest BCUT2D eigenvalue weighted by Crippen LogP contribution is 2.37. The molecule has 0 unspecified atom stereocenters. The molecule has 182 valence electrons. The third-order valence-corrected chi connectivity index (χ3v) is 5.67. The highest BCUT2D eigenvalue weighted by Gasteiger charge is 2.16. The van der Waals surface area contributed by atoms with Crippen LogP contribution < -0.4 is 20.2 Å². The number of methoxy groups -OCH3 is 1. The van der Waals surface area contributed by atoms with Crippen molar-refractivity contribution < 1.29 is 27.8 Å². The Kier molecular flexibility index (Phi) is 9.02. The van der Waals surface area contributed by atoms with Crippen LogP contribution in [0.25, 0.3) is 0 Å². The lowest BCUT2D eigenvalue weighted by Crippen LogP contribution is -2.32. The van der Waals surface area contributed by atoms with E-state index < -0.39 is 23.4 Å². The first-order valence-corrected chi connectivity index (χ1v) is 11.3. The summed E-state index contributed by atoms with van der Waals surface area (Å²) in [5, 5.41) is 6.04. The molecule has 0 aromatic heterocycles. The van der Waals surface area contributed by atoms with Crippen molar-refractivity contribution in [2.45, 2.75) is 6.61 Å². The van der Waals surface area contributed by atoms with Gasteiger partial charge in [-0.05, 0) is 64.0 Å². The lowest BCUT2D eigenvalue weighted by atomic mass is 10.2. The third-order valence-electron chi connectivity index (χ3n) is 4.44. The van der Waals surface area contributed by atoms with Gasteiger partial charge in [0.05, 0.1) is 27.8 Å². The fourth-order valence-electron chi connectivity index (χ4n) is 2.75. The molecule has 0 aliphatic carbocycles. The first-order valence-electron chi connectivity index (χ1n) is 9.72. The maximum atomic E-state index is 14.0. The Morgan fingerprint density at radius 2 is 1.83 bits per heavy atom. The summed E-state index contributed by atoms with van der Waals surface area (Å²) in [6.07, 6.45) is 1.27. The molecule has 3 rings (SSSR count). The Balaban J connectivity index is 1.65. The number of carbonyl (C=O) groups is 2. The Morgan fingerprint density at radius 3 is 2.51 bits per heavy atom. The van der Waals surface area contributed by atoms with Gasteiger partial charge < -0.3 is 14.8 Å². The van der Waals surface area contributed by atoms with Crippen LogP contribution >= 0.6 is 39.1 Å². The third kappa shape index (κ3) is 6.91. The van der Waals surface area contributed by atoms with Crippen molar-refractivity contribution in [2.75, 3.05) is 12.4 Å². The summed E-state index contributed by atoms with van der Waals surface area (Å²) < 4.78 is 38.7. The zero-order valence-corrected chi connectivity index (χ0v) is 21.0. The molecule has 0 atom stereocenters. The number of nitrogens with zero attached hydrogens (tertiary/aromatic N) is 1. The molecule has 2 amide bonds. The van der Waals surface area contributed by atoms with Crippen molar-refractivity contribution in [1.29, 1.82) is 0 Å². The molecule has 35 heavy (non-hydrogen) atoms. The van der Waals surface area contributed by atoms with Crippen LogP contribution in [0.4, 0.5) is 14.5 Å². The van der Waals surface area contributed by atoms with E-state index >= 15 is 0 Å². The minimum Gasteiger partial charge on any atom is -0.493 e.